The van der Waals surface area contributed by atoms with E-state index < -0.39 is 0 Å². The average Bonchev–Trinajstić information content (AvgIpc) is 1.72. The number of rotatable bonds is 0. The normalized spacial score (nSPS) is 12.6. The fourth-order valence-electron chi connectivity index (χ4n) is 0.258. The summed E-state index contributed by atoms with van der Waals surface area (Å²) in [6.07, 6.45) is 3.37. The Balaban J connectivity index is 0.000000360. The molecule has 1 rings (SSSR count). The largest absolute Gasteiger partial charge is 0.344 e. The molecule has 7 heavy (non-hydrogen) atoms. The van der Waals surface area contributed by atoms with Gasteiger partial charge in [-0.1, -0.05) is 0 Å². The molecule has 1 aliphatic rings. The summed E-state index contributed by atoms with van der Waals surface area (Å²) in [4.78, 5) is 4.55. The van der Waals surface area contributed by atoms with E-state index in [1.54, 1.807) is 19.4 Å². The van der Waals surface area contributed by atoms with Crippen LogP contribution in [-0.2, 0) is 4.84 Å². The van der Waals surface area contributed by atoms with Crippen molar-refractivity contribution in [3.8, 4) is 0 Å². The minimum absolute atomic E-state index is 0. The number of allylic oxidation sites excluding steroid dienone is 1. The van der Waals surface area contributed by atoms with E-state index in [1.807, 2.05) is 5.97 Å². The van der Waals surface area contributed by atoms with Crippen LogP contribution in [0.2, 0.25) is 0 Å². The minimum atomic E-state index is 0. The standard InChI is InChI=1S/C3H4BNO.H3N/c1-2-4-5-6-3-1;/h1-3,5H;1H3. The van der Waals surface area contributed by atoms with Crippen LogP contribution in [0.5, 0.6) is 0 Å². The number of nitrogens with one attached hydrogen (secondary N) is 1. The second kappa shape index (κ2) is 3.43. The fraction of sp³-hybridized carbons (Fsp3) is 0. The second-order valence-corrected chi connectivity index (χ2v) is 0.923. The molecular weight excluding hydrogens is 90.9 g/mol. The molecule has 38 valence electrons. The maximum atomic E-state index is 4.55. The van der Waals surface area contributed by atoms with E-state index >= 15 is 0 Å². The van der Waals surface area contributed by atoms with E-state index in [9.17, 15) is 0 Å². The fourth-order valence-corrected chi connectivity index (χ4v) is 0.258. The molecule has 0 fully saturated rings. The van der Waals surface area contributed by atoms with Crippen LogP contribution in [0, 0.1) is 0 Å². The van der Waals surface area contributed by atoms with E-state index in [0.717, 1.165) is 0 Å². The van der Waals surface area contributed by atoms with Gasteiger partial charge in [0.25, 0.3) is 0 Å². The van der Waals surface area contributed by atoms with Crippen LogP contribution in [0.25, 0.3) is 0 Å². The predicted octanol–water partition coefficient (Wildman–Crippen LogP) is -0.382. The van der Waals surface area contributed by atoms with E-state index in [4.69, 9.17) is 0 Å². The van der Waals surface area contributed by atoms with Gasteiger partial charge in [0.1, 0.15) is 0 Å². The molecule has 0 aromatic rings. The third-order valence-corrected chi connectivity index (χ3v) is 0.490. The molecule has 0 saturated carbocycles. The molecule has 0 radical (unpaired) electrons. The first-order valence-corrected chi connectivity index (χ1v) is 1.73. The van der Waals surface area contributed by atoms with Gasteiger partial charge in [0.15, 0.2) is 0 Å². The van der Waals surface area contributed by atoms with Crippen molar-refractivity contribution in [3.05, 3.63) is 12.3 Å². The van der Waals surface area contributed by atoms with Gasteiger partial charge in [0.05, 0.1) is 0 Å². The molecule has 3 nitrogen and oxygen atoms in total. The quantitative estimate of drug-likeness (QED) is 0.406. The third-order valence-electron chi connectivity index (χ3n) is 0.490. The summed E-state index contributed by atoms with van der Waals surface area (Å²) in [5, 5.41) is 2.52. The first-order chi connectivity index (χ1) is 3.00. The Morgan fingerprint density at radius 3 is 2.57 bits per heavy atom. The summed E-state index contributed by atoms with van der Waals surface area (Å²) >= 11 is 0. The van der Waals surface area contributed by atoms with Crippen molar-refractivity contribution >= 4 is 13.0 Å². The second-order valence-electron chi connectivity index (χ2n) is 0.923. The van der Waals surface area contributed by atoms with Gasteiger partial charge in [-0.3, -0.25) is 0 Å². The first kappa shape index (κ1) is 6.23. The van der Waals surface area contributed by atoms with E-state index in [0.29, 0.717) is 0 Å². The van der Waals surface area contributed by atoms with Crippen LogP contribution in [-0.4, -0.2) is 13.0 Å². The Bertz CT molecular complexity index is 78.9. The zero-order valence-electron chi connectivity index (χ0n) is 3.92. The number of hydrogen-bond donors (Lipinski definition) is 2. The van der Waals surface area contributed by atoms with Gasteiger partial charge in [-0.25, -0.2) is 0 Å². The van der Waals surface area contributed by atoms with E-state index in [1.165, 1.54) is 0 Å². The molecule has 0 aromatic carbocycles. The van der Waals surface area contributed by atoms with Gasteiger partial charge in [-0.2, -0.15) is 0 Å². The van der Waals surface area contributed by atoms with Gasteiger partial charge in [-0.15, -0.1) is 0 Å². The molecule has 0 unspecified atom stereocenters. The van der Waals surface area contributed by atoms with Crippen LogP contribution in [0.4, 0.5) is 0 Å². The topological polar surface area (TPSA) is 56.3 Å². The Kier molecular flexibility index (Phi) is 3.05. The summed E-state index contributed by atoms with van der Waals surface area (Å²) < 4.78 is 0. The SMILES string of the molecule is B1=CC=CON1.N. The molecule has 4 heteroatoms. The van der Waals surface area contributed by atoms with Crippen molar-refractivity contribution in [2.24, 2.45) is 0 Å². The van der Waals surface area contributed by atoms with E-state index in [2.05, 4.69) is 10.2 Å². The van der Waals surface area contributed by atoms with Crippen LogP contribution in [0.3, 0.4) is 0 Å². The van der Waals surface area contributed by atoms with Crippen LogP contribution >= 0.6 is 0 Å². The smallest absolute Gasteiger partial charge is 0.344 e. The van der Waals surface area contributed by atoms with E-state index in [-0.39, 0.29) is 6.15 Å². The molecule has 0 bridgehead atoms. The number of hydrogen-bond acceptors (Lipinski definition) is 3. The van der Waals surface area contributed by atoms with Crippen molar-refractivity contribution in [1.82, 2.24) is 11.5 Å². The van der Waals surface area contributed by atoms with Crippen LogP contribution in [0.15, 0.2) is 12.3 Å². The van der Waals surface area contributed by atoms with Gasteiger partial charge in [0, 0.05) is 0 Å². The van der Waals surface area contributed by atoms with Crippen molar-refractivity contribution in [2.45, 2.75) is 0 Å². The molecule has 0 saturated heterocycles. The van der Waals surface area contributed by atoms with Gasteiger partial charge >= 0.3 is 35.6 Å². The monoisotopic (exact) mass is 98.1 g/mol. The molecule has 0 aliphatic carbocycles. The molecule has 1 aliphatic heterocycles. The average molecular weight is 97.9 g/mol. The summed E-state index contributed by atoms with van der Waals surface area (Å²) in [5.74, 6) is 1.85. The molecule has 0 amide bonds. The Morgan fingerprint density at radius 1 is 1.57 bits per heavy atom. The molecule has 0 spiro atoms. The van der Waals surface area contributed by atoms with Crippen LogP contribution < -0.4 is 11.5 Å². The molecule has 0 atom stereocenters. The van der Waals surface area contributed by atoms with Crippen molar-refractivity contribution in [1.29, 1.82) is 0 Å². The molecular formula is C3H7BN2O. The summed E-state index contributed by atoms with van der Waals surface area (Å²) in [6.45, 7) is 0. The summed E-state index contributed by atoms with van der Waals surface area (Å²) in [5.41, 5.74) is 0. The molecule has 4 N–H and O–H groups in total. The Labute approximate surface area is 42.8 Å². The predicted molar refractivity (Wildman–Crippen MR) is 30.2 cm³/mol. The summed E-state index contributed by atoms with van der Waals surface area (Å²) in [7, 11) is 1.71. The maximum Gasteiger partial charge on any atom is -0.344 e. The van der Waals surface area contributed by atoms with Gasteiger partial charge in [0.2, 0.25) is 0 Å². The molecule has 1 heterocycles. The van der Waals surface area contributed by atoms with Crippen molar-refractivity contribution in [2.75, 3.05) is 0 Å². The van der Waals surface area contributed by atoms with Crippen LogP contribution in [0.1, 0.15) is 0 Å². The van der Waals surface area contributed by atoms with Crippen molar-refractivity contribution < 1.29 is 4.84 Å². The molecule has 0 aromatic heterocycles. The van der Waals surface area contributed by atoms with Crippen molar-refractivity contribution in [3.63, 3.8) is 0 Å². The zero-order valence-corrected chi connectivity index (χ0v) is 3.92. The maximum absolute atomic E-state index is 4.55. The first-order valence-electron chi connectivity index (χ1n) is 1.73. The van der Waals surface area contributed by atoms with Gasteiger partial charge in [-0.05, 0) is 0 Å². The Hall–Kier alpha value is -0.765. The van der Waals surface area contributed by atoms with Gasteiger partial charge < -0.3 is 6.15 Å². The third kappa shape index (κ3) is 2.00. The zero-order chi connectivity index (χ0) is 4.24. The summed E-state index contributed by atoms with van der Waals surface area (Å²) in [6, 6.07) is 0. The Morgan fingerprint density at radius 2 is 2.43 bits per heavy atom. The minimum Gasteiger partial charge on any atom is -0.344 e.